The van der Waals surface area contributed by atoms with Crippen LogP contribution in [0.25, 0.3) is 10.6 Å². The van der Waals surface area contributed by atoms with Crippen LogP contribution in [0.15, 0.2) is 28.2 Å². The molecule has 0 aliphatic rings. The Hall–Kier alpha value is -2.45. The molecule has 8 heteroatoms. The largest absolute Gasteiger partial charge is 0.481 e. The highest BCUT2D eigenvalue weighted by molar-refractivity contribution is 7.16. The lowest BCUT2D eigenvalue weighted by Crippen LogP contribution is -2.27. The third kappa shape index (κ3) is 4.20. The number of hydrogen-bond acceptors (Lipinski definition) is 6. The first-order valence-corrected chi connectivity index (χ1v) is 9.72. The fraction of sp³-hybridized carbons (Fsp3) is 0.278. The summed E-state index contributed by atoms with van der Waals surface area (Å²) in [4.78, 5) is 30.0. The lowest BCUT2D eigenvalue weighted by Gasteiger charge is -2.05. The molecule has 3 aromatic heterocycles. The maximum absolute atomic E-state index is 12.4. The van der Waals surface area contributed by atoms with E-state index in [2.05, 4.69) is 10.3 Å². The fourth-order valence-corrected chi connectivity index (χ4v) is 4.24. The van der Waals surface area contributed by atoms with Gasteiger partial charge in [-0.3, -0.25) is 9.59 Å². The number of amides is 1. The van der Waals surface area contributed by atoms with Crippen LogP contribution in [0.1, 0.15) is 31.6 Å². The van der Waals surface area contributed by atoms with Gasteiger partial charge < -0.3 is 14.8 Å². The molecule has 0 aliphatic carbocycles. The minimum absolute atomic E-state index is 0.185. The standard InChI is InChI=1S/C18H18N2O4S2/c1-10-8-24-14(7-16(21)22)17(10)18(23)19-6-5-12-3-4-15(26-12)13-9-25-11(2)20-13/h3-4,8-9H,5-7H2,1-2H3,(H,19,23)(H,21,22). The number of nitrogens with zero attached hydrogens (tertiary/aromatic N) is 1. The minimum atomic E-state index is -1.03. The number of carboxylic acid groups (broad SMARTS) is 1. The van der Waals surface area contributed by atoms with Crippen LogP contribution in [0, 0.1) is 13.8 Å². The molecular weight excluding hydrogens is 372 g/mol. The van der Waals surface area contributed by atoms with E-state index in [1.165, 1.54) is 6.26 Å². The second-order valence-electron chi connectivity index (χ2n) is 5.81. The van der Waals surface area contributed by atoms with E-state index in [0.29, 0.717) is 24.1 Å². The predicted octanol–water partition coefficient (Wildman–Crippen LogP) is 3.68. The van der Waals surface area contributed by atoms with E-state index in [4.69, 9.17) is 9.52 Å². The highest BCUT2D eigenvalue weighted by Gasteiger charge is 2.20. The average Bonchev–Trinajstić information content (AvgIpc) is 3.28. The van der Waals surface area contributed by atoms with E-state index in [0.717, 1.165) is 20.5 Å². The molecule has 3 heterocycles. The zero-order valence-corrected chi connectivity index (χ0v) is 16.0. The zero-order valence-electron chi connectivity index (χ0n) is 14.4. The highest BCUT2D eigenvalue weighted by atomic mass is 32.1. The van der Waals surface area contributed by atoms with Crippen molar-refractivity contribution in [1.29, 1.82) is 0 Å². The van der Waals surface area contributed by atoms with Gasteiger partial charge in [0.15, 0.2) is 0 Å². The molecule has 1 amide bonds. The Morgan fingerprint density at radius 1 is 1.31 bits per heavy atom. The molecule has 0 aliphatic heterocycles. The summed E-state index contributed by atoms with van der Waals surface area (Å²) in [5, 5.41) is 14.8. The Balaban J connectivity index is 1.59. The first-order chi connectivity index (χ1) is 12.4. The van der Waals surface area contributed by atoms with E-state index in [1.54, 1.807) is 29.6 Å². The van der Waals surface area contributed by atoms with Gasteiger partial charge in [0.05, 0.1) is 27.4 Å². The van der Waals surface area contributed by atoms with Crippen LogP contribution >= 0.6 is 22.7 Å². The van der Waals surface area contributed by atoms with Gasteiger partial charge in [-0.25, -0.2) is 4.98 Å². The number of aryl methyl sites for hydroxylation is 2. The third-order valence-electron chi connectivity index (χ3n) is 3.78. The fourth-order valence-electron chi connectivity index (χ4n) is 2.58. The summed E-state index contributed by atoms with van der Waals surface area (Å²) in [5.74, 6) is -1.15. The molecule has 0 radical (unpaired) electrons. The maximum Gasteiger partial charge on any atom is 0.311 e. The molecule has 0 unspecified atom stereocenters. The van der Waals surface area contributed by atoms with Crippen molar-refractivity contribution in [3.63, 3.8) is 0 Å². The van der Waals surface area contributed by atoms with Crippen LogP contribution in [0.5, 0.6) is 0 Å². The lowest BCUT2D eigenvalue weighted by molar-refractivity contribution is -0.136. The minimum Gasteiger partial charge on any atom is -0.481 e. The summed E-state index contributed by atoms with van der Waals surface area (Å²) in [7, 11) is 0. The number of furan rings is 1. The molecule has 2 N–H and O–H groups in total. The number of rotatable bonds is 7. The van der Waals surface area contributed by atoms with Crippen molar-refractivity contribution in [2.45, 2.75) is 26.7 Å². The van der Waals surface area contributed by atoms with Gasteiger partial charge in [-0.2, -0.15) is 0 Å². The number of carboxylic acids is 1. The molecule has 3 rings (SSSR count). The summed E-state index contributed by atoms with van der Waals surface area (Å²) in [6.45, 7) is 4.17. The van der Waals surface area contributed by atoms with Gasteiger partial charge in [-0.05, 0) is 32.4 Å². The summed E-state index contributed by atoms with van der Waals surface area (Å²) in [6.07, 6.45) is 1.80. The molecule has 0 atom stereocenters. The van der Waals surface area contributed by atoms with Gasteiger partial charge in [-0.15, -0.1) is 22.7 Å². The summed E-state index contributed by atoms with van der Waals surface area (Å²) < 4.78 is 5.20. The Bertz CT molecular complexity index is 939. The lowest BCUT2D eigenvalue weighted by atomic mass is 10.1. The Kier molecular flexibility index (Phi) is 5.53. The topological polar surface area (TPSA) is 92.4 Å². The first kappa shape index (κ1) is 18.3. The van der Waals surface area contributed by atoms with Crippen LogP contribution in [-0.4, -0.2) is 28.5 Å². The normalized spacial score (nSPS) is 10.8. The van der Waals surface area contributed by atoms with Crippen LogP contribution in [0.2, 0.25) is 0 Å². The second kappa shape index (κ2) is 7.84. The highest BCUT2D eigenvalue weighted by Crippen LogP contribution is 2.29. The average molecular weight is 390 g/mol. The summed E-state index contributed by atoms with van der Waals surface area (Å²) in [5.41, 5.74) is 1.94. The molecule has 26 heavy (non-hydrogen) atoms. The Labute approximate surface area is 158 Å². The molecule has 0 spiro atoms. The van der Waals surface area contributed by atoms with E-state index in [9.17, 15) is 9.59 Å². The number of carbonyl (C=O) groups excluding carboxylic acids is 1. The van der Waals surface area contributed by atoms with Crippen LogP contribution in [0.3, 0.4) is 0 Å². The van der Waals surface area contributed by atoms with Gasteiger partial charge in [-0.1, -0.05) is 0 Å². The number of aromatic nitrogens is 1. The second-order valence-corrected chi connectivity index (χ2v) is 8.04. The van der Waals surface area contributed by atoms with Crippen LogP contribution < -0.4 is 5.32 Å². The molecule has 0 saturated heterocycles. The van der Waals surface area contributed by atoms with Crippen molar-refractivity contribution in [1.82, 2.24) is 10.3 Å². The van der Waals surface area contributed by atoms with Gasteiger partial charge in [0.25, 0.3) is 5.91 Å². The quantitative estimate of drug-likeness (QED) is 0.642. The van der Waals surface area contributed by atoms with Crippen molar-refractivity contribution < 1.29 is 19.1 Å². The number of hydrogen-bond donors (Lipinski definition) is 2. The molecule has 0 aromatic carbocycles. The van der Waals surface area contributed by atoms with Crippen molar-refractivity contribution >= 4 is 34.6 Å². The molecule has 6 nitrogen and oxygen atoms in total. The molecule has 0 saturated carbocycles. The van der Waals surface area contributed by atoms with Gasteiger partial charge in [0.1, 0.15) is 12.2 Å². The van der Waals surface area contributed by atoms with Crippen molar-refractivity contribution in [2.75, 3.05) is 6.54 Å². The molecule has 3 aromatic rings. The first-order valence-electron chi connectivity index (χ1n) is 8.02. The number of thiazole rings is 1. The summed E-state index contributed by atoms with van der Waals surface area (Å²) >= 11 is 3.28. The zero-order chi connectivity index (χ0) is 18.7. The van der Waals surface area contributed by atoms with Crippen LogP contribution in [-0.2, 0) is 17.6 Å². The molecule has 0 bridgehead atoms. The summed E-state index contributed by atoms with van der Waals surface area (Å²) in [6, 6.07) is 4.08. The van der Waals surface area contributed by atoms with Gasteiger partial charge in [0.2, 0.25) is 0 Å². The van der Waals surface area contributed by atoms with E-state index < -0.39 is 5.97 Å². The number of carbonyl (C=O) groups is 2. The van der Waals surface area contributed by atoms with Crippen LogP contribution in [0.4, 0.5) is 0 Å². The Morgan fingerprint density at radius 2 is 2.12 bits per heavy atom. The van der Waals surface area contributed by atoms with Gasteiger partial charge >= 0.3 is 5.97 Å². The monoisotopic (exact) mass is 390 g/mol. The van der Waals surface area contributed by atoms with E-state index in [-0.39, 0.29) is 18.1 Å². The third-order valence-corrected chi connectivity index (χ3v) is 5.72. The van der Waals surface area contributed by atoms with Gasteiger partial charge in [0, 0.05) is 22.4 Å². The number of aliphatic carboxylic acids is 1. The van der Waals surface area contributed by atoms with Crippen molar-refractivity contribution in [2.24, 2.45) is 0 Å². The van der Waals surface area contributed by atoms with Crippen molar-refractivity contribution in [3.8, 4) is 10.6 Å². The number of thiophene rings is 1. The predicted molar refractivity (Wildman–Crippen MR) is 101 cm³/mol. The molecule has 136 valence electrons. The molecule has 0 fully saturated rings. The van der Waals surface area contributed by atoms with E-state index in [1.807, 2.05) is 24.4 Å². The molecular formula is C18H18N2O4S2. The van der Waals surface area contributed by atoms with E-state index >= 15 is 0 Å². The smallest absolute Gasteiger partial charge is 0.311 e. The maximum atomic E-state index is 12.4. The Morgan fingerprint density at radius 3 is 2.81 bits per heavy atom. The SMILES string of the molecule is Cc1nc(-c2ccc(CCNC(=O)c3c(C)coc3CC(=O)O)s2)cs1. The van der Waals surface area contributed by atoms with Crippen molar-refractivity contribution in [3.05, 3.63) is 50.5 Å². The number of nitrogens with one attached hydrogen (secondary N) is 1.